The monoisotopic (exact) mass is 477 g/mol. The molecule has 1 aliphatic rings. The van der Waals surface area contributed by atoms with Crippen LogP contribution in [-0.4, -0.2) is 21.9 Å². The second kappa shape index (κ2) is 8.68. The number of halogens is 1. The van der Waals surface area contributed by atoms with Crippen LogP contribution >= 0.6 is 23.1 Å². The molecule has 2 heterocycles. The third-order valence-electron chi connectivity index (χ3n) is 5.00. The first kappa shape index (κ1) is 21.2. The lowest BCUT2D eigenvalue weighted by molar-refractivity contribution is 0.0945. The molecule has 3 N–H and O–H groups in total. The average Bonchev–Trinajstić information content (AvgIpc) is 3.23. The van der Waals surface area contributed by atoms with Crippen molar-refractivity contribution in [1.82, 2.24) is 10.3 Å². The highest BCUT2D eigenvalue weighted by Gasteiger charge is 2.23. The maximum Gasteiger partial charge on any atom is 0.256 e. The zero-order valence-electron chi connectivity index (χ0n) is 17.0. The van der Waals surface area contributed by atoms with Crippen LogP contribution in [0.1, 0.15) is 25.6 Å². The Morgan fingerprint density at radius 3 is 2.70 bits per heavy atom. The third kappa shape index (κ3) is 4.33. The number of rotatable bonds is 4. The second-order valence-corrected chi connectivity index (χ2v) is 9.44. The van der Waals surface area contributed by atoms with Gasteiger partial charge in [0, 0.05) is 26.4 Å². The number of hydrogen-bond acceptors (Lipinski definition) is 6. The van der Waals surface area contributed by atoms with Crippen LogP contribution in [0.4, 0.5) is 10.1 Å². The summed E-state index contributed by atoms with van der Waals surface area (Å²) in [5, 5.41) is 15.6. The fraction of sp³-hybridized carbons (Fsp3) is 0.0417. The van der Waals surface area contributed by atoms with E-state index >= 15 is 0 Å². The Labute approximate surface area is 196 Å². The van der Waals surface area contributed by atoms with Crippen LogP contribution < -0.4 is 10.6 Å². The van der Waals surface area contributed by atoms with E-state index in [2.05, 4.69) is 15.6 Å². The number of amides is 2. The van der Waals surface area contributed by atoms with E-state index in [9.17, 15) is 19.1 Å². The number of phenolic OH excluding ortho intramolecular Hbond substituents is 1. The molecular weight excluding hydrogens is 461 g/mol. The molecule has 5 rings (SSSR count). The van der Waals surface area contributed by atoms with Gasteiger partial charge in [-0.1, -0.05) is 23.9 Å². The Kier molecular flexibility index (Phi) is 5.57. The topological polar surface area (TPSA) is 91.3 Å². The Morgan fingerprint density at radius 1 is 1.09 bits per heavy atom. The van der Waals surface area contributed by atoms with Gasteiger partial charge in [-0.25, -0.2) is 9.37 Å². The minimum absolute atomic E-state index is 0.149. The van der Waals surface area contributed by atoms with E-state index < -0.39 is 11.7 Å². The molecule has 0 atom stereocenters. The molecule has 3 aromatic carbocycles. The summed E-state index contributed by atoms with van der Waals surface area (Å²) in [4.78, 5) is 31.6. The molecule has 9 heteroatoms. The number of carbonyl (C=O) groups excluding carboxylic acids is 2. The lowest BCUT2D eigenvalue weighted by atomic mass is 10.1. The van der Waals surface area contributed by atoms with Gasteiger partial charge in [-0.2, -0.15) is 0 Å². The first-order chi connectivity index (χ1) is 16.0. The highest BCUT2D eigenvalue weighted by molar-refractivity contribution is 7.99. The minimum atomic E-state index is -0.665. The van der Waals surface area contributed by atoms with Gasteiger partial charge in [-0.15, -0.1) is 11.3 Å². The smallest absolute Gasteiger partial charge is 0.256 e. The Morgan fingerprint density at radius 2 is 1.88 bits per heavy atom. The zero-order valence-corrected chi connectivity index (χ0v) is 18.6. The molecule has 0 radical (unpaired) electrons. The number of anilines is 1. The highest BCUT2D eigenvalue weighted by atomic mass is 32.2. The van der Waals surface area contributed by atoms with Crippen molar-refractivity contribution in [3.63, 3.8) is 0 Å². The van der Waals surface area contributed by atoms with E-state index in [0.29, 0.717) is 16.1 Å². The van der Waals surface area contributed by atoms with Crippen LogP contribution in [0.5, 0.6) is 5.75 Å². The van der Waals surface area contributed by atoms with Crippen LogP contribution in [0, 0.1) is 5.82 Å². The number of fused-ring (bicyclic) bond motifs is 2. The standard InChI is InChI=1S/C24H16FN3O3S2/c25-18-10-21-19(28-23(31)16-3-1-2-4-20(16)33-21)9-17(18)22(30)26-11-15-12-27-24(32-15)13-5-7-14(29)8-6-13/h1-10,12,29H,11H2,(H,26,30)(H,28,31). The van der Waals surface area contributed by atoms with Crippen LogP contribution in [0.25, 0.3) is 10.6 Å². The van der Waals surface area contributed by atoms with Crippen molar-refractivity contribution < 1.29 is 19.1 Å². The molecule has 0 saturated heterocycles. The summed E-state index contributed by atoms with van der Waals surface area (Å²) < 4.78 is 14.8. The molecule has 1 aliphatic heterocycles. The number of nitrogens with one attached hydrogen (secondary N) is 2. The van der Waals surface area contributed by atoms with E-state index in [-0.39, 0.29) is 23.8 Å². The summed E-state index contributed by atoms with van der Waals surface area (Å²) in [6.07, 6.45) is 1.65. The van der Waals surface area contributed by atoms with Gasteiger partial charge in [-0.3, -0.25) is 9.59 Å². The molecule has 33 heavy (non-hydrogen) atoms. The van der Waals surface area contributed by atoms with Crippen molar-refractivity contribution >= 4 is 40.6 Å². The minimum Gasteiger partial charge on any atom is -0.508 e. The lowest BCUT2D eigenvalue weighted by Crippen LogP contribution is -2.24. The van der Waals surface area contributed by atoms with Crippen LogP contribution in [0.2, 0.25) is 0 Å². The van der Waals surface area contributed by atoms with Gasteiger partial charge < -0.3 is 15.7 Å². The van der Waals surface area contributed by atoms with Gasteiger partial charge >= 0.3 is 0 Å². The largest absolute Gasteiger partial charge is 0.508 e. The van der Waals surface area contributed by atoms with Crippen molar-refractivity contribution in [1.29, 1.82) is 0 Å². The Hall–Kier alpha value is -3.69. The molecule has 6 nitrogen and oxygen atoms in total. The van der Waals surface area contributed by atoms with Gasteiger partial charge in [0.25, 0.3) is 11.8 Å². The maximum atomic E-state index is 14.8. The maximum absolute atomic E-state index is 14.8. The number of aromatic hydroxyl groups is 1. The number of aromatic nitrogens is 1. The van der Waals surface area contributed by atoms with Crippen molar-refractivity contribution in [3.05, 3.63) is 88.7 Å². The number of phenols is 1. The van der Waals surface area contributed by atoms with Gasteiger partial charge in [0.1, 0.15) is 16.6 Å². The zero-order chi connectivity index (χ0) is 22.9. The van der Waals surface area contributed by atoms with Crippen LogP contribution in [0.15, 0.2) is 76.7 Å². The summed E-state index contributed by atoms with van der Waals surface area (Å²) in [6.45, 7) is 0.178. The van der Waals surface area contributed by atoms with Crippen molar-refractivity contribution in [2.75, 3.05) is 5.32 Å². The number of thiazole rings is 1. The first-order valence-electron chi connectivity index (χ1n) is 9.92. The quantitative estimate of drug-likeness (QED) is 0.371. The van der Waals surface area contributed by atoms with Gasteiger partial charge in [0.2, 0.25) is 0 Å². The third-order valence-corrected chi connectivity index (χ3v) is 7.18. The number of hydrogen-bond donors (Lipinski definition) is 3. The molecule has 164 valence electrons. The van der Waals surface area contributed by atoms with E-state index in [1.807, 2.05) is 6.07 Å². The first-order valence-corrected chi connectivity index (χ1v) is 11.6. The molecule has 0 aliphatic carbocycles. The Bertz CT molecular complexity index is 1390. The molecule has 1 aromatic heterocycles. The van der Waals surface area contributed by atoms with E-state index in [1.165, 1.54) is 35.2 Å². The average molecular weight is 478 g/mol. The molecule has 2 amide bonds. The molecule has 0 spiro atoms. The van der Waals surface area contributed by atoms with Gasteiger partial charge in [0.15, 0.2) is 0 Å². The molecule has 0 unspecified atom stereocenters. The summed E-state index contributed by atoms with van der Waals surface area (Å²) in [5.74, 6) is -1.39. The predicted molar refractivity (Wildman–Crippen MR) is 125 cm³/mol. The molecular formula is C24H16FN3O3S2. The van der Waals surface area contributed by atoms with E-state index in [1.54, 1.807) is 48.7 Å². The second-order valence-electron chi connectivity index (χ2n) is 7.24. The Balaban J connectivity index is 1.32. The van der Waals surface area contributed by atoms with E-state index in [4.69, 9.17) is 0 Å². The van der Waals surface area contributed by atoms with Crippen LogP contribution in [-0.2, 0) is 6.54 Å². The normalized spacial score (nSPS) is 12.3. The molecule has 0 fully saturated rings. The lowest BCUT2D eigenvalue weighted by Gasteiger charge is -2.10. The molecule has 0 saturated carbocycles. The highest BCUT2D eigenvalue weighted by Crippen LogP contribution is 2.39. The number of benzene rings is 3. The van der Waals surface area contributed by atoms with E-state index in [0.717, 1.165) is 20.3 Å². The summed E-state index contributed by atoms with van der Waals surface area (Å²) in [6, 6.07) is 16.4. The summed E-state index contributed by atoms with van der Waals surface area (Å²) >= 11 is 2.67. The van der Waals surface area contributed by atoms with Crippen LogP contribution in [0.3, 0.4) is 0 Å². The summed E-state index contributed by atoms with van der Waals surface area (Å²) in [7, 11) is 0. The molecule has 4 aromatic rings. The van der Waals surface area contributed by atoms with Crippen molar-refractivity contribution in [2.45, 2.75) is 16.3 Å². The van der Waals surface area contributed by atoms with Gasteiger partial charge in [-0.05, 0) is 48.5 Å². The van der Waals surface area contributed by atoms with Gasteiger partial charge in [0.05, 0.1) is 23.4 Å². The van der Waals surface area contributed by atoms with Crippen molar-refractivity contribution in [3.8, 4) is 16.3 Å². The fourth-order valence-electron chi connectivity index (χ4n) is 3.35. The predicted octanol–water partition coefficient (Wildman–Crippen LogP) is 5.30. The molecule has 0 bridgehead atoms. The summed E-state index contributed by atoms with van der Waals surface area (Å²) in [5.41, 5.74) is 1.59. The number of nitrogens with zero attached hydrogens (tertiary/aromatic N) is 1. The SMILES string of the molecule is O=C(NCc1cnc(-c2ccc(O)cc2)s1)c1cc2c(cc1F)Sc1ccccc1C(=O)N2. The number of carbonyl (C=O) groups is 2. The fourth-order valence-corrected chi connectivity index (χ4v) is 5.25. The van der Waals surface area contributed by atoms with Crippen molar-refractivity contribution in [2.24, 2.45) is 0 Å².